The summed E-state index contributed by atoms with van der Waals surface area (Å²) in [6.45, 7) is 2.19. The molecule has 13 heavy (non-hydrogen) atoms. The molecule has 0 aliphatic carbocycles. The standard InChI is InChI=1S/C10H9NO2/c1-8(13-7-12)10-4-2-9(6-11)3-5-10/h2-5,7-8H,1H3. The third-order valence-electron chi connectivity index (χ3n) is 1.77. The second-order valence-corrected chi connectivity index (χ2v) is 2.61. The second-order valence-electron chi connectivity index (χ2n) is 2.61. The first-order chi connectivity index (χ1) is 6.27. The number of carbonyl (C=O) groups is 1. The minimum absolute atomic E-state index is 0.259. The second kappa shape index (κ2) is 4.27. The summed E-state index contributed by atoms with van der Waals surface area (Å²) in [7, 11) is 0. The Balaban J connectivity index is 2.80. The van der Waals surface area contributed by atoms with Gasteiger partial charge in [0.2, 0.25) is 0 Å². The molecule has 3 heteroatoms. The van der Waals surface area contributed by atoms with Gasteiger partial charge in [-0.05, 0) is 24.6 Å². The molecule has 3 nitrogen and oxygen atoms in total. The van der Waals surface area contributed by atoms with Crippen molar-refractivity contribution in [1.82, 2.24) is 0 Å². The van der Waals surface area contributed by atoms with Gasteiger partial charge in [-0.2, -0.15) is 5.26 Å². The number of rotatable bonds is 3. The van der Waals surface area contributed by atoms with Gasteiger partial charge in [-0.15, -0.1) is 0 Å². The zero-order valence-corrected chi connectivity index (χ0v) is 7.23. The number of benzene rings is 1. The number of nitriles is 1. The fourth-order valence-corrected chi connectivity index (χ4v) is 0.991. The molecule has 0 saturated heterocycles. The Labute approximate surface area is 76.6 Å². The van der Waals surface area contributed by atoms with Crippen LogP contribution in [0.4, 0.5) is 0 Å². The Morgan fingerprint density at radius 2 is 2.08 bits per heavy atom. The first kappa shape index (κ1) is 9.27. The molecule has 0 aliphatic rings. The molecule has 0 amide bonds. The maximum absolute atomic E-state index is 10.0. The van der Waals surface area contributed by atoms with Crippen molar-refractivity contribution in [3.63, 3.8) is 0 Å². The van der Waals surface area contributed by atoms with Crippen LogP contribution in [0.25, 0.3) is 0 Å². The normalized spacial score (nSPS) is 11.4. The lowest BCUT2D eigenvalue weighted by atomic mass is 10.1. The van der Waals surface area contributed by atoms with Gasteiger partial charge in [0.15, 0.2) is 0 Å². The van der Waals surface area contributed by atoms with E-state index in [1.807, 2.05) is 6.07 Å². The minimum atomic E-state index is -0.259. The molecule has 0 N–H and O–H groups in total. The van der Waals surface area contributed by atoms with Crippen LogP contribution in [0.1, 0.15) is 24.2 Å². The number of hydrogen-bond donors (Lipinski definition) is 0. The van der Waals surface area contributed by atoms with E-state index in [0.717, 1.165) is 5.56 Å². The van der Waals surface area contributed by atoms with E-state index in [-0.39, 0.29) is 6.10 Å². The Kier molecular flexibility index (Phi) is 3.04. The van der Waals surface area contributed by atoms with Crippen LogP contribution in [0.5, 0.6) is 0 Å². The average Bonchev–Trinajstić information content (AvgIpc) is 2.18. The number of nitrogens with zero attached hydrogens (tertiary/aromatic N) is 1. The smallest absolute Gasteiger partial charge is 0.293 e. The van der Waals surface area contributed by atoms with Crippen molar-refractivity contribution in [1.29, 1.82) is 5.26 Å². The number of hydrogen-bond acceptors (Lipinski definition) is 3. The van der Waals surface area contributed by atoms with Gasteiger partial charge in [0.05, 0.1) is 11.6 Å². The van der Waals surface area contributed by atoms with Gasteiger partial charge in [0, 0.05) is 0 Å². The minimum Gasteiger partial charge on any atom is -0.460 e. The molecular formula is C10H9NO2. The SMILES string of the molecule is CC(OC=O)c1ccc(C#N)cc1. The van der Waals surface area contributed by atoms with Crippen LogP contribution in [0.2, 0.25) is 0 Å². The van der Waals surface area contributed by atoms with Gasteiger partial charge in [0.1, 0.15) is 6.10 Å². The van der Waals surface area contributed by atoms with Gasteiger partial charge < -0.3 is 4.74 Å². The van der Waals surface area contributed by atoms with Crippen molar-refractivity contribution in [2.45, 2.75) is 13.0 Å². The zero-order chi connectivity index (χ0) is 9.68. The molecule has 0 heterocycles. The van der Waals surface area contributed by atoms with Crippen molar-refractivity contribution in [2.24, 2.45) is 0 Å². The van der Waals surface area contributed by atoms with Crippen LogP contribution < -0.4 is 0 Å². The predicted molar refractivity (Wildman–Crippen MR) is 46.7 cm³/mol. The third-order valence-corrected chi connectivity index (χ3v) is 1.77. The summed E-state index contributed by atoms with van der Waals surface area (Å²) in [5.74, 6) is 0. The van der Waals surface area contributed by atoms with Gasteiger partial charge in [0.25, 0.3) is 6.47 Å². The summed E-state index contributed by atoms with van der Waals surface area (Å²) < 4.78 is 4.74. The highest BCUT2D eigenvalue weighted by atomic mass is 16.5. The van der Waals surface area contributed by atoms with Crippen molar-refractivity contribution in [2.75, 3.05) is 0 Å². The van der Waals surface area contributed by atoms with E-state index in [4.69, 9.17) is 10.00 Å². The van der Waals surface area contributed by atoms with Gasteiger partial charge >= 0.3 is 0 Å². The quantitative estimate of drug-likeness (QED) is 0.658. The molecule has 1 aromatic carbocycles. The zero-order valence-electron chi connectivity index (χ0n) is 7.23. The lowest BCUT2D eigenvalue weighted by Crippen LogP contribution is -1.97. The Morgan fingerprint density at radius 1 is 1.46 bits per heavy atom. The van der Waals surface area contributed by atoms with Crippen LogP contribution in [-0.2, 0) is 9.53 Å². The summed E-state index contributed by atoms with van der Waals surface area (Å²) >= 11 is 0. The maximum atomic E-state index is 10.0. The largest absolute Gasteiger partial charge is 0.460 e. The van der Waals surface area contributed by atoms with E-state index in [1.54, 1.807) is 31.2 Å². The maximum Gasteiger partial charge on any atom is 0.293 e. The van der Waals surface area contributed by atoms with Crippen LogP contribution in [0.3, 0.4) is 0 Å². The van der Waals surface area contributed by atoms with Crippen LogP contribution in [0.15, 0.2) is 24.3 Å². The topological polar surface area (TPSA) is 50.1 Å². The highest BCUT2D eigenvalue weighted by Gasteiger charge is 2.04. The first-order valence-electron chi connectivity index (χ1n) is 3.87. The summed E-state index contributed by atoms with van der Waals surface area (Å²) in [6, 6.07) is 8.94. The molecule has 1 aromatic rings. The van der Waals surface area contributed by atoms with E-state index >= 15 is 0 Å². The molecule has 0 radical (unpaired) electrons. The van der Waals surface area contributed by atoms with Crippen LogP contribution in [-0.4, -0.2) is 6.47 Å². The van der Waals surface area contributed by atoms with E-state index in [2.05, 4.69) is 0 Å². The third kappa shape index (κ3) is 2.31. The van der Waals surface area contributed by atoms with Crippen molar-refractivity contribution >= 4 is 6.47 Å². The monoisotopic (exact) mass is 175 g/mol. The van der Waals surface area contributed by atoms with Gasteiger partial charge in [-0.3, -0.25) is 4.79 Å². The van der Waals surface area contributed by atoms with E-state index < -0.39 is 0 Å². The van der Waals surface area contributed by atoms with Crippen molar-refractivity contribution < 1.29 is 9.53 Å². The van der Waals surface area contributed by atoms with Crippen molar-refractivity contribution in [3.8, 4) is 6.07 Å². The van der Waals surface area contributed by atoms with E-state index in [0.29, 0.717) is 12.0 Å². The van der Waals surface area contributed by atoms with Gasteiger partial charge in [-0.1, -0.05) is 12.1 Å². The Hall–Kier alpha value is -1.82. The Bertz CT molecular complexity index is 324. The highest BCUT2D eigenvalue weighted by molar-refractivity contribution is 5.39. The molecule has 1 unspecified atom stereocenters. The molecule has 0 spiro atoms. The number of carbonyl (C=O) groups excluding carboxylic acids is 1. The van der Waals surface area contributed by atoms with Gasteiger partial charge in [-0.25, -0.2) is 0 Å². The average molecular weight is 175 g/mol. The van der Waals surface area contributed by atoms with E-state index in [1.165, 1.54) is 0 Å². The molecule has 66 valence electrons. The molecule has 0 bridgehead atoms. The number of ether oxygens (including phenoxy) is 1. The molecule has 0 aromatic heterocycles. The summed E-state index contributed by atoms with van der Waals surface area (Å²) in [5.41, 5.74) is 1.48. The van der Waals surface area contributed by atoms with Crippen LogP contribution in [0, 0.1) is 11.3 Å². The summed E-state index contributed by atoms with van der Waals surface area (Å²) in [6.07, 6.45) is -0.259. The molecule has 1 atom stereocenters. The lowest BCUT2D eigenvalue weighted by Gasteiger charge is -2.08. The predicted octanol–water partition coefficient (Wildman–Crippen LogP) is 1.79. The fourth-order valence-electron chi connectivity index (χ4n) is 0.991. The van der Waals surface area contributed by atoms with Crippen molar-refractivity contribution in [3.05, 3.63) is 35.4 Å². The molecule has 0 saturated carbocycles. The van der Waals surface area contributed by atoms with Crippen LogP contribution >= 0.6 is 0 Å². The first-order valence-corrected chi connectivity index (χ1v) is 3.87. The molecular weight excluding hydrogens is 166 g/mol. The Morgan fingerprint density at radius 3 is 2.54 bits per heavy atom. The van der Waals surface area contributed by atoms with E-state index in [9.17, 15) is 4.79 Å². The summed E-state index contributed by atoms with van der Waals surface area (Å²) in [5, 5.41) is 8.53. The molecule has 1 rings (SSSR count). The summed E-state index contributed by atoms with van der Waals surface area (Å²) in [4.78, 5) is 10.0. The fraction of sp³-hybridized carbons (Fsp3) is 0.200. The molecule has 0 fully saturated rings. The highest BCUT2D eigenvalue weighted by Crippen LogP contribution is 2.15. The lowest BCUT2D eigenvalue weighted by molar-refractivity contribution is -0.133. The molecule has 0 aliphatic heterocycles.